The van der Waals surface area contributed by atoms with E-state index < -0.39 is 0 Å². The Kier molecular flexibility index (Phi) is 3.84. The number of nitrogens with zero attached hydrogens (tertiary/aromatic N) is 2. The molecular weight excluding hydrogens is 244 g/mol. The van der Waals surface area contributed by atoms with Gasteiger partial charge in [-0.05, 0) is 24.3 Å². The lowest BCUT2D eigenvalue weighted by molar-refractivity contribution is 0.404. The number of nitriles is 2. The van der Waals surface area contributed by atoms with Crippen molar-refractivity contribution in [3.05, 3.63) is 48.5 Å². The van der Waals surface area contributed by atoms with Crippen LogP contribution < -0.4 is 14.2 Å². The highest BCUT2D eigenvalue weighted by Gasteiger charge is 2.09. The summed E-state index contributed by atoms with van der Waals surface area (Å²) >= 11 is 0. The van der Waals surface area contributed by atoms with Crippen molar-refractivity contribution in [2.75, 3.05) is 0 Å². The molecule has 2 aromatic carbocycles. The molecular formula is C14H8N2O3. The third-order valence-electron chi connectivity index (χ3n) is 2.23. The van der Waals surface area contributed by atoms with Crippen LogP contribution in [-0.2, 0) is 0 Å². The van der Waals surface area contributed by atoms with Crippen LogP contribution in [0.4, 0.5) is 0 Å². The van der Waals surface area contributed by atoms with Crippen LogP contribution in [0, 0.1) is 23.0 Å². The van der Waals surface area contributed by atoms with Gasteiger partial charge in [-0.3, -0.25) is 0 Å². The second-order valence-corrected chi connectivity index (χ2v) is 3.38. The molecule has 0 heterocycles. The molecule has 0 radical (unpaired) electrons. The molecule has 2 aromatic rings. The first-order valence-electron chi connectivity index (χ1n) is 5.33. The molecule has 19 heavy (non-hydrogen) atoms. The van der Waals surface area contributed by atoms with Crippen LogP contribution in [0.25, 0.3) is 0 Å². The molecule has 0 aliphatic carbocycles. The Hall–Kier alpha value is -3.18. The van der Waals surface area contributed by atoms with Gasteiger partial charge in [0, 0.05) is 0 Å². The van der Waals surface area contributed by atoms with Gasteiger partial charge >= 0.3 is 0 Å². The highest BCUT2D eigenvalue weighted by atomic mass is 16.5. The summed E-state index contributed by atoms with van der Waals surface area (Å²) in [6, 6.07) is 13.4. The predicted molar refractivity (Wildman–Crippen MR) is 65.4 cm³/mol. The van der Waals surface area contributed by atoms with Gasteiger partial charge in [-0.1, -0.05) is 24.3 Å². The monoisotopic (exact) mass is 252 g/mol. The fourth-order valence-electron chi connectivity index (χ4n) is 1.45. The molecule has 0 bridgehead atoms. The SMILES string of the molecule is N#COc1ccccc1Oc1ccccc1OC#N. The van der Waals surface area contributed by atoms with E-state index in [1.54, 1.807) is 61.0 Å². The van der Waals surface area contributed by atoms with Gasteiger partial charge in [0.1, 0.15) is 0 Å². The van der Waals surface area contributed by atoms with E-state index >= 15 is 0 Å². The van der Waals surface area contributed by atoms with Crippen molar-refractivity contribution in [1.29, 1.82) is 10.5 Å². The van der Waals surface area contributed by atoms with E-state index in [1.807, 2.05) is 0 Å². The first kappa shape index (κ1) is 12.3. The predicted octanol–water partition coefficient (Wildman–Crippen LogP) is 3.20. The maximum atomic E-state index is 8.55. The summed E-state index contributed by atoms with van der Waals surface area (Å²) in [5.41, 5.74) is 0. The summed E-state index contributed by atoms with van der Waals surface area (Å²) in [4.78, 5) is 0. The zero-order valence-corrected chi connectivity index (χ0v) is 9.74. The molecule has 0 aliphatic rings. The molecule has 0 spiro atoms. The molecule has 0 aliphatic heterocycles. The van der Waals surface area contributed by atoms with Crippen molar-refractivity contribution in [2.24, 2.45) is 0 Å². The molecule has 0 unspecified atom stereocenters. The first-order chi connectivity index (χ1) is 9.35. The minimum absolute atomic E-state index is 0.289. The van der Waals surface area contributed by atoms with Crippen molar-refractivity contribution in [3.8, 4) is 35.5 Å². The van der Waals surface area contributed by atoms with Crippen molar-refractivity contribution in [2.45, 2.75) is 0 Å². The maximum absolute atomic E-state index is 8.55. The summed E-state index contributed by atoms with van der Waals surface area (Å²) in [6.07, 6.45) is 3.17. The molecule has 0 aromatic heterocycles. The Balaban J connectivity index is 2.32. The highest BCUT2D eigenvalue weighted by Crippen LogP contribution is 2.35. The topological polar surface area (TPSA) is 75.3 Å². The standard InChI is InChI=1S/C14H8N2O3/c15-9-17-11-5-1-3-7-13(11)19-14-8-4-2-6-12(14)18-10-16/h1-8H. The quantitative estimate of drug-likeness (QED) is 0.781. The van der Waals surface area contributed by atoms with E-state index in [0.29, 0.717) is 11.5 Å². The lowest BCUT2D eigenvalue weighted by Gasteiger charge is -2.10. The van der Waals surface area contributed by atoms with Gasteiger partial charge in [-0.15, -0.1) is 10.5 Å². The van der Waals surface area contributed by atoms with Gasteiger partial charge in [0.25, 0.3) is 12.5 Å². The van der Waals surface area contributed by atoms with Crippen LogP contribution in [0.5, 0.6) is 23.0 Å². The second-order valence-electron chi connectivity index (χ2n) is 3.38. The highest BCUT2D eigenvalue weighted by molar-refractivity contribution is 5.47. The van der Waals surface area contributed by atoms with Crippen LogP contribution in [0.3, 0.4) is 0 Å². The fraction of sp³-hybridized carbons (Fsp3) is 0. The molecule has 0 amide bonds. The third-order valence-corrected chi connectivity index (χ3v) is 2.23. The van der Waals surface area contributed by atoms with Gasteiger partial charge in [0.2, 0.25) is 0 Å². The molecule has 0 N–H and O–H groups in total. The number of ether oxygens (including phenoxy) is 3. The van der Waals surface area contributed by atoms with Crippen molar-refractivity contribution < 1.29 is 14.2 Å². The fourth-order valence-corrected chi connectivity index (χ4v) is 1.45. The van der Waals surface area contributed by atoms with Crippen molar-refractivity contribution in [3.63, 3.8) is 0 Å². The van der Waals surface area contributed by atoms with Crippen molar-refractivity contribution in [1.82, 2.24) is 0 Å². The van der Waals surface area contributed by atoms with E-state index in [2.05, 4.69) is 0 Å². The van der Waals surface area contributed by atoms with Crippen LogP contribution in [-0.4, -0.2) is 0 Å². The van der Waals surface area contributed by atoms with Crippen molar-refractivity contribution >= 4 is 0 Å². The van der Waals surface area contributed by atoms with Gasteiger partial charge in [-0.2, -0.15) is 0 Å². The smallest absolute Gasteiger partial charge is 0.292 e. The van der Waals surface area contributed by atoms with Crippen LogP contribution >= 0.6 is 0 Å². The molecule has 2 rings (SSSR count). The van der Waals surface area contributed by atoms with Crippen LogP contribution in [0.1, 0.15) is 0 Å². The normalized spacial score (nSPS) is 8.95. The Bertz CT molecular complexity index is 599. The summed E-state index contributed by atoms with van der Waals surface area (Å²) in [6.45, 7) is 0. The van der Waals surface area contributed by atoms with Gasteiger partial charge in [0.15, 0.2) is 23.0 Å². The van der Waals surface area contributed by atoms with Gasteiger partial charge in [0.05, 0.1) is 0 Å². The second kappa shape index (κ2) is 5.95. The zero-order valence-electron chi connectivity index (χ0n) is 9.74. The average Bonchev–Trinajstić information content (AvgIpc) is 2.44. The summed E-state index contributed by atoms with van der Waals surface area (Å²) < 4.78 is 15.2. The zero-order chi connectivity index (χ0) is 13.5. The maximum Gasteiger partial charge on any atom is 0.292 e. The van der Waals surface area contributed by atoms with Gasteiger partial charge < -0.3 is 14.2 Å². The molecule has 5 heteroatoms. The number of benzene rings is 2. The van der Waals surface area contributed by atoms with E-state index in [-0.39, 0.29) is 11.5 Å². The van der Waals surface area contributed by atoms with E-state index in [0.717, 1.165) is 0 Å². The van der Waals surface area contributed by atoms with Crippen LogP contribution in [0.2, 0.25) is 0 Å². The van der Waals surface area contributed by atoms with Gasteiger partial charge in [-0.25, -0.2) is 0 Å². The molecule has 92 valence electrons. The Morgan fingerprint density at radius 1 is 0.632 bits per heavy atom. The Morgan fingerprint density at radius 2 is 1.00 bits per heavy atom. The number of para-hydroxylation sites is 4. The van der Waals surface area contributed by atoms with Crippen LogP contribution in [0.15, 0.2) is 48.5 Å². The first-order valence-corrected chi connectivity index (χ1v) is 5.33. The number of rotatable bonds is 4. The molecule has 0 atom stereocenters. The number of hydrogen-bond donors (Lipinski definition) is 0. The average molecular weight is 252 g/mol. The summed E-state index contributed by atoms with van der Waals surface area (Å²) in [7, 11) is 0. The summed E-state index contributed by atoms with van der Waals surface area (Å²) in [5.74, 6) is 1.30. The Labute approximate surface area is 109 Å². The summed E-state index contributed by atoms with van der Waals surface area (Å²) in [5, 5.41) is 17.1. The van der Waals surface area contributed by atoms with E-state index in [1.165, 1.54) is 0 Å². The molecule has 0 saturated heterocycles. The molecule has 5 nitrogen and oxygen atoms in total. The minimum Gasteiger partial charge on any atom is -0.449 e. The minimum atomic E-state index is 0.289. The Morgan fingerprint density at radius 3 is 1.37 bits per heavy atom. The number of hydrogen-bond acceptors (Lipinski definition) is 5. The molecule has 0 saturated carbocycles. The largest absolute Gasteiger partial charge is 0.449 e. The van der Waals surface area contributed by atoms with E-state index in [9.17, 15) is 0 Å². The lowest BCUT2D eigenvalue weighted by Crippen LogP contribution is -1.92. The third kappa shape index (κ3) is 2.93. The lowest BCUT2D eigenvalue weighted by atomic mass is 10.3. The van der Waals surface area contributed by atoms with E-state index in [4.69, 9.17) is 24.7 Å². The molecule has 0 fully saturated rings.